The van der Waals surface area contributed by atoms with Gasteiger partial charge in [-0.1, -0.05) is 54.1 Å². The van der Waals surface area contributed by atoms with Gasteiger partial charge in [0.05, 0.1) is 0 Å². The molecule has 1 aliphatic rings. The van der Waals surface area contributed by atoms with Crippen molar-refractivity contribution in [2.75, 3.05) is 13.6 Å². The molecule has 0 fully saturated rings. The van der Waals surface area contributed by atoms with Gasteiger partial charge in [0.2, 0.25) is 0 Å². The summed E-state index contributed by atoms with van der Waals surface area (Å²) in [4.78, 5) is 2.41. The molecule has 2 aromatic rings. The molecule has 18 heavy (non-hydrogen) atoms. The third kappa shape index (κ3) is 2.06. The molecule has 0 N–H and O–H groups in total. The van der Waals surface area contributed by atoms with E-state index in [9.17, 15) is 0 Å². The predicted molar refractivity (Wildman–Crippen MR) is 75.8 cm³/mol. The Morgan fingerprint density at radius 2 is 1.89 bits per heavy atom. The fourth-order valence-electron chi connectivity index (χ4n) is 2.96. The highest BCUT2D eigenvalue weighted by Crippen LogP contribution is 2.32. The number of hydrogen-bond donors (Lipinski definition) is 0. The van der Waals surface area contributed by atoms with Gasteiger partial charge in [-0.25, -0.2) is 0 Å². The summed E-state index contributed by atoms with van der Waals surface area (Å²) in [5.41, 5.74) is 5.76. The Labute approximate surface area is 109 Å². The Morgan fingerprint density at radius 1 is 1.06 bits per heavy atom. The lowest BCUT2D eigenvalue weighted by molar-refractivity contribution is 0.295. The van der Waals surface area contributed by atoms with Gasteiger partial charge in [0, 0.05) is 19.0 Å². The monoisotopic (exact) mass is 237 g/mol. The zero-order valence-corrected chi connectivity index (χ0v) is 11.1. The third-order valence-electron chi connectivity index (χ3n) is 3.81. The molecule has 0 radical (unpaired) electrons. The molecule has 0 saturated heterocycles. The number of hydrogen-bond acceptors (Lipinski definition) is 1. The quantitative estimate of drug-likeness (QED) is 0.733. The van der Waals surface area contributed by atoms with Crippen molar-refractivity contribution < 1.29 is 0 Å². The predicted octanol–water partition coefficient (Wildman–Crippen LogP) is 3.57. The van der Waals surface area contributed by atoms with Crippen LogP contribution in [-0.2, 0) is 6.54 Å². The van der Waals surface area contributed by atoms with Gasteiger partial charge in [-0.3, -0.25) is 0 Å². The van der Waals surface area contributed by atoms with Gasteiger partial charge in [-0.15, -0.1) is 0 Å². The molecule has 92 valence electrons. The van der Waals surface area contributed by atoms with E-state index in [1.54, 1.807) is 0 Å². The largest absolute Gasteiger partial charge is 0.301 e. The van der Waals surface area contributed by atoms with E-state index in [2.05, 4.69) is 67.4 Å². The van der Waals surface area contributed by atoms with Crippen LogP contribution in [0.1, 0.15) is 28.2 Å². The highest BCUT2D eigenvalue weighted by atomic mass is 15.1. The molecule has 3 rings (SSSR count). The number of rotatable bonds is 1. The second-order valence-corrected chi connectivity index (χ2v) is 5.36. The Hall–Kier alpha value is -1.60. The van der Waals surface area contributed by atoms with Crippen LogP contribution in [0, 0.1) is 6.92 Å². The molecule has 1 nitrogen and oxygen atoms in total. The molecule has 0 aromatic heterocycles. The van der Waals surface area contributed by atoms with Gasteiger partial charge in [-0.2, -0.15) is 0 Å². The Bertz CT molecular complexity index is 559. The molecule has 0 spiro atoms. The third-order valence-corrected chi connectivity index (χ3v) is 3.81. The van der Waals surface area contributed by atoms with E-state index < -0.39 is 0 Å². The maximum atomic E-state index is 2.41. The number of aryl methyl sites for hydroxylation is 1. The van der Waals surface area contributed by atoms with E-state index in [1.807, 2.05) is 0 Å². The van der Waals surface area contributed by atoms with Crippen LogP contribution in [0.25, 0.3) is 0 Å². The van der Waals surface area contributed by atoms with Crippen molar-refractivity contribution in [2.45, 2.75) is 19.4 Å². The van der Waals surface area contributed by atoms with Crippen molar-refractivity contribution in [3.63, 3.8) is 0 Å². The zero-order chi connectivity index (χ0) is 12.5. The van der Waals surface area contributed by atoms with Gasteiger partial charge in [0.1, 0.15) is 0 Å². The fourth-order valence-corrected chi connectivity index (χ4v) is 2.96. The van der Waals surface area contributed by atoms with Crippen molar-refractivity contribution in [3.8, 4) is 0 Å². The molecule has 1 heteroatoms. The normalized spacial score (nSPS) is 19.6. The lowest BCUT2D eigenvalue weighted by Gasteiger charge is -2.32. The van der Waals surface area contributed by atoms with Crippen LogP contribution in [0.3, 0.4) is 0 Å². The molecular formula is C17H19N. The SMILES string of the molecule is Cc1cccc(C2CN(C)Cc3ccccc32)c1. The van der Waals surface area contributed by atoms with E-state index in [4.69, 9.17) is 0 Å². The molecule has 0 saturated carbocycles. The van der Waals surface area contributed by atoms with Gasteiger partial charge in [0.15, 0.2) is 0 Å². The number of nitrogens with zero attached hydrogens (tertiary/aromatic N) is 1. The Kier molecular flexibility index (Phi) is 2.92. The number of benzene rings is 2. The summed E-state index contributed by atoms with van der Waals surface area (Å²) in [5.74, 6) is 0.514. The summed E-state index contributed by atoms with van der Waals surface area (Å²) in [7, 11) is 2.21. The van der Waals surface area contributed by atoms with Crippen LogP contribution in [-0.4, -0.2) is 18.5 Å². The minimum atomic E-state index is 0.514. The highest BCUT2D eigenvalue weighted by Gasteiger charge is 2.24. The maximum absolute atomic E-state index is 2.41. The van der Waals surface area contributed by atoms with E-state index in [1.165, 1.54) is 22.3 Å². The van der Waals surface area contributed by atoms with Crippen LogP contribution < -0.4 is 0 Å². The maximum Gasteiger partial charge on any atom is 0.0234 e. The van der Waals surface area contributed by atoms with Crippen molar-refractivity contribution >= 4 is 0 Å². The van der Waals surface area contributed by atoms with E-state index >= 15 is 0 Å². The zero-order valence-electron chi connectivity index (χ0n) is 11.1. The summed E-state index contributed by atoms with van der Waals surface area (Å²) in [6, 6.07) is 17.8. The first kappa shape index (κ1) is 11.5. The van der Waals surface area contributed by atoms with Crippen molar-refractivity contribution in [3.05, 3.63) is 70.8 Å². The average molecular weight is 237 g/mol. The Balaban J connectivity index is 2.07. The molecule has 1 heterocycles. The number of fused-ring (bicyclic) bond motifs is 1. The fraction of sp³-hybridized carbons (Fsp3) is 0.294. The number of likely N-dealkylation sites (N-methyl/N-ethyl adjacent to an activating group) is 1. The van der Waals surface area contributed by atoms with Gasteiger partial charge in [0.25, 0.3) is 0 Å². The summed E-state index contributed by atoms with van der Waals surface area (Å²) in [6.07, 6.45) is 0. The molecule has 1 aliphatic heterocycles. The van der Waals surface area contributed by atoms with Gasteiger partial charge < -0.3 is 4.90 Å². The van der Waals surface area contributed by atoms with Gasteiger partial charge >= 0.3 is 0 Å². The first-order valence-corrected chi connectivity index (χ1v) is 6.57. The Morgan fingerprint density at radius 3 is 2.72 bits per heavy atom. The summed E-state index contributed by atoms with van der Waals surface area (Å²) in [5, 5.41) is 0. The topological polar surface area (TPSA) is 3.24 Å². The first-order chi connectivity index (χ1) is 8.74. The highest BCUT2D eigenvalue weighted by molar-refractivity contribution is 5.41. The molecule has 0 aliphatic carbocycles. The smallest absolute Gasteiger partial charge is 0.0234 e. The molecule has 1 unspecified atom stereocenters. The second-order valence-electron chi connectivity index (χ2n) is 5.36. The van der Waals surface area contributed by atoms with Crippen molar-refractivity contribution in [1.29, 1.82) is 0 Å². The average Bonchev–Trinajstić information content (AvgIpc) is 2.37. The lowest BCUT2D eigenvalue weighted by atomic mass is 9.84. The second kappa shape index (κ2) is 4.58. The van der Waals surface area contributed by atoms with Gasteiger partial charge in [-0.05, 0) is 30.7 Å². The van der Waals surface area contributed by atoms with E-state index in [0.29, 0.717) is 5.92 Å². The van der Waals surface area contributed by atoms with E-state index in [-0.39, 0.29) is 0 Å². The summed E-state index contributed by atoms with van der Waals surface area (Å²) < 4.78 is 0. The van der Waals surface area contributed by atoms with Crippen LogP contribution >= 0.6 is 0 Å². The van der Waals surface area contributed by atoms with Crippen LogP contribution in [0.2, 0.25) is 0 Å². The van der Waals surface area contributed by atoms with E-state index in [0.717, 1.165) is 13.1 Å². The first-order valence-electron chi connectivity index (χ1n) is 6.57. The molecular weight excluding hydrogens is 218 g/mol. The van der Waals surface area contributed by atoms with Crippen LogP contribution in [0.15, 0.2) is 48.5 Å². The summed E-state index contributed by atoms with van der Waals surface area (Å²) >= 11 is 0. The molecule has 1 atom stereocenters. The van der Waals surface area contributed by atoms with Crippen molar-refractivity contribution in [2.24, 2.45) is 0 Å². The molecule has 0 bridgehead atoms. The lowest BCUT2D eigenvalue weighted by Crippen LogP contribution is -2.30. The minimum absolute atomic E-state index is 0.514. The molecule has 2 aromatic carbocycles. The summed E-state index contributed by atoms with van der Waals surface area (Å²) in [6.45, 7) is 4.35. The van der Waals surface area contributed by atoms with Crippen LogP contribution in [0.5, 0.6) is 0 Å². The minimum Gasteiger partial charge on any atom is -0.301 e. The van der Waals surface area contributed by atoms with Crippen molar-refractivity contribution in [1.82, 2.24) is 4.90 Å². The standard InChI is InChI=1S/C17H19N/c1-13-6-5-8-14(10-13)17-12-18(2)11-15-7-3-4-9-16(15)17/h3-10,17H,11-12H2,1-2H3. The van der Waals surface area contributed by atoms with Crippen LogP contribution in [0.4, 0.5) is 0 Å². The molecule has 0 amide bonds.